The van der Waals surface area contributed by atoms with E-state index >= 15 is 0 Å². The largest absolute Gasteiger partial charge is 0.375 e. The standard InChI is InChI=1S/C17H24N2O2/c1-4-5-13(2)17(20)18-15-6-8-16(9-7-15)19-10-11-21-14(3)12-19/h5-9,14H,4,10-12H2,1-3H3,(H,18,20). The first-order chi connectivity index (χ1) is 10.1. The maximum atomic E-state index is 11.9. The fourth-order valence-electron chi connectivity index (χ4n) is 2.44. The number of hydrogen-bond donors (Lipinski definition) is 1. The van der Waals surface area contributed by atoms with Crippen LogP contribution in [0, 0.1) is 0 Å². The molecule has 1 atom stereocenters. The normalized spacial score (nSPS) is 19.5. The SMILES string of the molecule is CCC=C(C)C(=O)Nc1ccc(N2CCOC(C)C2)cc1. The molecule has 1 unspecified atom stereocenters. The Bertz CT molecular complexity index is 508. The molecule has 1 saturated heterocycles. The highest BCUT2D eigenvalue weighted by Crippen LogP contribution is 2.20. The first-order valence-corrected chi connectivity index (χ1v) is 7.55. The molecule has 1 aromatic rings. The van der Waals surface area contributed by atoms with Gasteiger partial charge in [0.25, 0.3) is 5.91 Å². The van der Waals surface area contributed by atoms with E-state index in [0.29, 0.717) is 0 Å². The van der Waals surface area contributed by atoms with Crippen molar-refractivity contribution in [3.8, 4) is 0 Å². The number of nitrogens with one attached hydrogen (secondary N) is 1. The Labute approximate surface area is 126 Å². The van der Waals surface area contributed by atoms with Crippen molar-refractivity contribution in [3.63, 3.8) is 0 Å². The second-order valence-electron chi connectivity index (χ2n) is 5.42. The summed E-state index contributed by atoms with van der Waals surface area (Å²) in [5, 5.41) is 2.91. The van der Waals surface area contributed by atoms with Crippen LogP contribution in [0.3, 0.4) is 0 Å². The molecule has 1 aromatic carbocycles. The average Bonchev–Trinajstić information content (AvgIpc) is 2.48. The minimum atomic E-state index is -0.0374. The number of amides is 1. The van der Waals surface area contributed by atoms with E-state index in [0.717, 1.165) is 37.4 Å². The molecule has 0 saturated carbocycles. The zero-order valence-electron chi connectivity index (χ0n) is 13.1. The molecular weight excluding hydrogens is 264 g/mol. The molecule has 1 amide bonds. The number of morpholine rings is 1. The molecule has 0 aliphatic carbocycles. The summed E-state index contributed by atoms with van der Waals surface area (Å²) in [6.45, 7) is 8.53. The Kier molecular flexibility index (Phi) is 5.39. The molecule has 1 fully saturated rings. The highest BCUT2D eigenvalue weighted by atomic mass is 16.5. The summed E-state index contributed by atoms with van der Waals surface area (Å²) in [6, 6.07) is 8.00. The lowest BCUT2D eigenvalue weighted by Gasteiger charge is -2.33. The minimum Gasteiger partial charge on any atom is -0.375 e. The van der Waals surface area contributed by atoms with Crippen LogP contribution >= 0.6 is 0 Å². The predicted molar refractivity (Wildman–Crippen MR) is 86.7 cm³/mol. The summed E-state index contributed by atoms with van der Waals surface area (Å²) in [5.74, 6) is -0.0374. The van der Waals surface area contributed by atoms with Crippen LogP contribution in [0.5, 0.6) is 0 Å². The molecule has 114 valence electrons. The highest BCUT2D eigenvalue weighted by molar-refractivity contribution is 6.03. The van der Waals surface area contributed by atoms with E-state index in [1.807, 2.05) is 44.2 Å². The Hall–Kier alpha value is -1.81. The van der Waals surface area contributed by atoms with Crippen LogP contribution in [0.2, 0.25) is 0 Å². The number of nitrogens with zero attached hydrogens (tertiary/aromatic N) is 1. The maximum absolute atomic E-state index is 11.9. The van der Waals surface area contributed by atoms with E-state index in [9.17, 15) is 4.79 Å². The van der Waals surface area contributed by atoms with E-state index in [1.54, 1.807) is 0 Å². The summed E-state index contributed by atoms with van der Waals surface area (Å²) in [4.78, 5) is 14.2. The third-order valence-corrected chi connectivity index (χ3v) is 3.60. The fraction of sp³-hybridized carbons (Fsp3) is 0.471. The number of anilines is 2. The van der Waals surface area contributed by atoms with Crippen LogP contribution in [0.15, 0.2) is 35.9 Å². The van der Waals surface area contributed by atoms with Crippen LogP contribution in [0.25, 0.3) is 0 Å². The number of carbonyl (C=O) groups is 1. The van der Waals surface area contributed by atoms with Crippen molar-refractivity contribution >= 4 is 17.3 Å². The van der Waals surface area contributed by atoms with E-state index in [4.69, 9.17) is 4.74 Å². The third kappa shape index (κ3) is 4.33. The zero-order valence-corrected chi connectivity index (χ0v) is 13.1. The maximum Gasteiger partial charge on any atom is 0.250 e. The van der Waals surface area contributed by atoms with Crippen LogP contribution < -0.4 is 10.2 Å². The third-order valence-electron chi connectivity index (χ3n) is 3.60. The molecule has 0 spiro atoms. The van der Waals surface area contributed by atoms with Gasteiger partial charge in [0.2, 0.25) is 0 Å². The highest BCUT2D eigenvalue weighted by Gasteiger charge is 2.16. The number of rotatable bonds is 4. The molecule has 2 rings (SSSR count). The van der Waals surface area contributed by atoms with Crippen molar-refractivity contribution in [1.29, 1.82) is 0 Å². The minimum absolute atomic E-state index is 0.0374. The van der Waals surface area contributed by atoms with Gasteiger partial charge in [-0.2, -0.15) is 0 Å². The van der Waals surface area contributed by atoms with Crippen molar-refractivity contribution in [2.75, 3.05) is 29.9 Å². The van der Waals surface area contributed by atoms with Gasteiger partial charge in [-0.25, -0.2) is 0 Å². The fourth-order valence-corrected chi connectivity index (χ4v) is 2.44. The average molecular weight is 288 g/mol. The van der Waals surface area contributed by atoms with E-state index in [2.05, 4.69) is 17.1 Å². The van der Waals surface area contributed by atoms with Crippen molar-refractivity contribution in [1.82, 2.24) is 0 Å². The van der Waals surface area contributed by atoms with Crippen LogP contribution in [-0.2, 0) is 9.53 Å². The smallest absolute Gasteiger partial charge is 0.250 e. The lowest BCUT2D eigenvalue weighted by Crippen LogP contribution is -2.41. The molecule has 0 radical (unpaired) electrons. The number of allylic oxidation sites excluding steroid dienone is 1. The summed E-state index contributed by atoms with van der Waals surface area (Å²) in [7, 11) is 0. The molecular formula is C17H24N2O2. The van der Waals surface area contributed by atoms with Gasteiger partial charge < -0.3 is 15.0 Å². The second kappa shape index (κ2) is 7.27. The Balaban J connectivity index is 1.99. The van der Waals surface area contributed by atoms with Gasteiger partial charge in [0.05, 0.1) is 12.7 Å². The molecule has 4 heteroatoms. The summed E-state index contributed by atoms with van der Waals surface area (Å²) in [5.41, 5.74) is 2.75. The van der Waals surface area contributed by atoms with E-state index < -0.39 is 0 Å². The topological polar surface area (TPSA) is 41.6 Å². The van der Waals surface area contributed by atoms with Gasteiger partial charge in [-0.15, -0.1) is 0 Å². The van der Waals surface area contributed by atoms with Gasteiger partial charge in [0.15, 0.2) is 0 Å². The second-order valence-corrected chi connectivity index (χ2v) is 5.42. The van der Waals surface area contributed by atoms with E-state index in [1.165, 1.54) is 5.69 Å². The quantitative estimate of drug-likeness (QED) is 0.865. The Morgan fingerprint density at radius 1 is 1.43 bits per heavy atom. The van der Waals surface area contributed by atoms with Gasteiger partial charge >= 0.3 is 0 Å². The summed E-state index contributed by atoms with van der Waals surface area (Å²) < 4.78 is 5.55. The molecule has 21 heavy (non-hydrogen) atoms. The lowest BCUT2D eigenvalue weighted by molar-refractivity contribution is -0.112. The van der Waals surface area contributed by atoms with Gasteiger partial charge in [0.1, 0.15) is 0 Å². The van der Waals surface area contributed by atoms with E-state index in [-0.39, 0.29) is 12.0 Å². The van der Waals surface area contributed by atoms with Crippen molar-refractivity contribution in [3.05, 3.63) is 35.9 Å². The van der Waals surface area contributed by atoms with Gasteiger partial charge in [-0.3, -0.25) is 4.79 Å². The van der Waals surface area contributed by atoms with Gasteiger partial charge in [0, 0.05) is 30.0 Å². The molecule has 0 bridgehead atoms. The van der Waals surface area contributed by atoms with Gasteiger partial charge in [-0.05, 0) is 44.5 Å². The monoisotopic (exact) mass is 288 g/mol. The predicted octanol–water partition coefficient (Wildman–Crippen LogP) is 3.21. The number of benzene rings is 1. The van der Waals surface area contributed by atoms with Crippen LogP contribution in [-0.4, -0.2) is 31.7 Å². The molecule has 0 aromatic heterocycles. The lowest BCUT2D eigenvalue weighted by atomic mass is 10.2. The van der Waals surface area contributed by atoms with Crippen LogP contribution in [0.1, 0.15) is 27.2 Å². The summed E-state index contributed by atoms with van der Waals surface area (Å²) >= 11 is 0. The van der Waals surface area contributed by atoms with Crippen molar-refractivity contribution in [2.45, 2.75) is 33.3 Å². The Morgan fingerprint density at radius 2 is 2.14 bits per heavy atom. The number of ether oxygens (including phenoxy) is 1. The zero-order chi connectivity index (χ0) is 15.2. The summed E-state index contributed by atoms with van der Waals surface area (Å²) in [6.07, 6.45) is 3.06. The van der Waals surface area contributed by atoms with Crippen LogP contribution in [0.4, 0.5) is 11.4 Å². The molecule has 1 aliphatic rings. The number of carbonyl (C=O) groups excluding carboxylic acids is 1. The molecule has 1 aliphatic heterocycles. The van der Waals surface area contributed by atoms with Crippen molar-refractivity contribution < 1.29 is 9.53 Å². The molecule has 1 heterocycles. The Morgan fingerprint density at radius 3 is 2.76 bits per heavy atom. The number of hydrogen-bond acceptors (Lipinski definition) is 3. The molecule has 1 N–H and O–H groups in total. The molecule has 4 nitrogen and oxygen atoms in total. The first-order valence-electron chi connectivity index (χ1n) is 7.55. The first kappa shape index (κ1) is 15.6. The van der Waals surface area contributed by atoms with Crippen molar-refractivity contribution in [2.24, 2.45) is 0 Å². The van der Waals surface area contributed by atoms with Gasteiger partial charge in [-0.1, -0.05) is 13.0 Å².